The van der Waals surface area contributed by atoms with Gasteiger partial charge in [-0.1, -0.05) is 13.5 Å². The number of halogens is 2. The minimum absolute atomic E-state index is 0. The molecule has 0 aliphatic carbocycles. The molecule has 25 heteroatoms. The van der Waals surface area contributed by atoms with Crippen molar-refractivity contribution in [3.05, 3.63) is 130 Å². The lowest BCUT2D eigenvalue weighted by Crippen LogP contribution is -2.16. The van der Waals surface area contributed by atoms with E-state index in [4.69, 9.17) is 23.7 Å². The topological polar surface area (TPSA) is 233 Å². The third-order valence-electron chi connectivity index (χ3n) is 15.1. The van der Waals surface area contributed by atoms with Crippen LogP contribution in [0.25, 0.3) is 61.6 Å². The number of aryl methyl sites for hydroxylation is 1. The Bertz CT molecular complexity index is 3860. The first-order valence-corrected chi connectivity index (χ1v) is 30.7. The molecule has 456 valence electrons. The number of nitrogens with zero attached hydrogens (tertiary/aromatic N) is 18. The molecule has 0 N–H and O–H groups in total. The van der Waals surface area contributed by atoms with Crippen molar-refractivity contribution >= 4 is 82.2 Å². The summed E-state index contributed by atoms with van der Waals surface area (Å²) >= 11 is 6.74. The van der Waals surface area contributed by atoms with Crippen molar-refractivity contribution in [2.24, 2.45) is 0 Å². The molecule has 0 atom stereocenters. The van der Waals surface area contributed by atoms with Crippen LogP contribution >= 0.6 is 31.9 Å². The molecule has 11 aromatic rings. The van der Waals surface area contributed by atoms with Crippen molar-refractivity contribution in [2.45, 2.75) is 83.5 Å². The molecule has 14 rings (SSSR count). The molecule has 0 unspecified atom stereocenters. The van der Waals surface area contributed by atoms with Gasteiger partial charge in [0.05, 0.1) is 72.0 Å². The summed E-state index contributed by atoms with van der Waals surface area (Å²) in [5.74, 6) is 5.70. The lowest BCUT2D eigenvalue weighted by molar-refractivity contribution is 0.0833. The minimum atomic E-state index is 0. The zero-order chi connectivity index (χ0) is 59.4. The summed E-state index contributed by atoms with van der Waals surface area (Å²) < 4.78 is 35.8. The molecule has 0 saturated carbocycles. The molecule has 1 aromatic carbocycles. The highest BCUT2D eigenvalue weighted by atomic mass is 79.9. The second kappa shape index (κ2) is 30.0. The summed E-state index contributed by atoms with van der Waals surface area (Å²) in [7, 11) is 8.24. The summed E-state index contributed by atoms with van der Waals surface area (Å²) in [6.07, 6.45) is 20.2. The quantitative estimate of drug-likeness (QED) is 0.0727. The van der Waals surface area contributed by atoms with Gasteiger partial charge in [-0.15, -0.1) is 30.6 Å². The molecule has 0 bridgehead atoms. The van der Waals surface area contributed by atoms with Gasteiger partial charge in [-0.25, -0.2) is 24.9 Å². The number of hydrogen-bond acceptors (Lipinski definition) is 20. The number of fused-ring (bicyclic) bond motifs is 9. The van der Waals surface area contributed by atoms with Crippen LogP contribution in [0.15, 0.2) is 107 Å². The second-order valence-corrected chi connectivity index (χ2v) is 23.7. The van der Waals surface area contributed by atoms with Crippen LogP contribution in [0, 0.1) is 6.92 Å². The lowest BCUT2D eigenvalue weighted by atomic mass is 9.99. The van der Waals surface area contributed by atoms with E-state index in [1.165, 1.54) is 0 Å². The first kappa shape index (κ1) is 62.7. The van der Waals surface area contributed by atoms with E-state index in [9.17, 15) is 0 Å². The molecular formula is C62H74Br2N18O5. The van der Waals surface area contributed by atoms with Gasteiger partial charge in [0.1, 0.15) is 33.6 Å². The average molecular weight is 1310 g/mol. The molecule has 23 nitrogen and oxygen atoms in total. The van der Waals surface area contributed by atoms with Crippen molar-refractivity contribution in [1.82, 2.24) is 88.5 Å². The first-order valence-electron chi connectivity index (χ1n) is 29.1. The first-order chi connectivity index (χ1) is 42.0. The standard InChI is InChI=1S/C24H28N6O2.C14H15N5O.C13H12BrN5O.C10H15BrN2O.CH4/c1-29(2)10-3-11-32-19-5-7-20(25-15-19)18-4-6-21-22(14-18)30-23(16-26-21)27-28-24(30)17-8-12-31-13-9-17;1-9-6-11-13(15-7-9)16-8-12-17-18-14(19(11)12)10-2-4-20-5-3-10;14-9-5-10-12(15-6-9)16-7-11-17-18-13(19(10)11)8-1-3-20-4-2-8;1-13(2)6-3-7-14-9-4-5-10(11)12-8-9;/h4-7,14-17H,3,8-13H2,1-2H3;6-8,10H,2-5H2,1H3;5-8H,1-4H2;4-5,8H,3,6-7H2,1-2H3;1H4. The maximum atomic E-state index is 5.82. The lowest BCUT2D eigenvalue weighted by Gasteiger charge is -2.20. The molecule has 3 aliphatic heterocycles. The molecule has 10 aromatic heterocycles. The van der Waals surface area contributed by atoms with Gasteiger partial charge in [-0.05, 0) is 172 Å². The van der Waals surface area contributed by atoms with E-state index in [-0.39, 0.29) is 7.43 Å². The summed E-state index contributed by atoms with van der Waals surface area (Å²) in [4.78, 5) is 35.0. The fourth-order valence-electron chi connectivity index (χ4n) is 10.6. The second-order valence-electron chi connectivity index (χ2n) is 22.0. The van der Waals surface area contributed by atoms with E-state index in [1.54, 1.807) is 37.2 Å². The van der Waals surface area contributed by atoms with Gasteiger partial charge >= 0.3 is 0 Å². The smallest absolute Gasteiger partial charge is 0.179 e. The molecular weight excluding hydrogens is 1240 g/mol. The summed E-state index contributed by atoms with van der Waals surface area (Å²) in [6, 6.07) is 18.1. The van der Waals surface area contributed by atoms with Crippen LogP contribution < -0.4 is 9.47 Å². The Hall–Kier alpha value is -7.39. The van der Waals surface area contributed by atoms with Crippen LogP contribution in [0.4, 0.5) is 0 Å². The Morgan fingerprint density at radius 1 is 0.483 bits per heavy atom. The largest absolute Gasteiger partial charge is 0.492 e. The van der Waals surface area contributed by atoms with Crippen LogP contribution in [0.3, 0.4) is 0 Å². The maximum Gasteiger partial charge on any atom is 0.179 e. The molecule has 0 amide bonds. The van der Waals surface area contributed by atoms with Gasteiger partial charge in [-0.3, -0.25) is 23.2 Å². The Kier molecular flexibility index (Phi) is 21.6. The van der Waals surface area contributed by atoms with Crippen molar-refractivity contribution in [2.75, 3.05) is 94.1 Å². The number of aromatic nitrogens is 16. The van der Waals surface area contributed by atoms with Crippen molar-refractivity contribution < 1.29 is 23.7 Å². The van der Waals surface area contributed by atoms with Gasteiger partial charge in [0.15, 0.2) is 28.2 Å². The van der Waals surface area contributed by atoms with E-state index < -0.39 is 0 Å². The SMILES string of the molecule is Brc1cnc2ncc3nnc(C4CCOCC4)n3c2c1.C.CN(C)CCCOc1ccc(-c2ccc3ncc4nnc(C5CCOCC5)n4c3c2)nc1.CN(C)CCCOc1ccc(Br)nc1.Cc1cnc2ncc3nnc(C4CCOCC4)n3c2c1. The normalized spacial score (nSPS) is 15.1. The maximum absolute atomic E-state index is 5.82. The number of ether oxygens (including phenoxy) is 5. The van der Waals surface area contributed by atoms with E-state index >= 15 is 0 Å². The molecule has 13 heterocycles. The zero-order valence-electron chi connectivity index (χ0n) is 49.0. The van der Waals surface area contributed by atoms with Gasteiger partial charge < -0.3 is 33.5 Å². The Morgan fingerprint density at radius 3 is 1.43 bits per heavy atom. The zero-order valence-corrected chi connectivity index (χ0v) is 52.2. The highest BCUT2D eigenvalue weighted by Gasteiger charge is 2.26. The summed E-state index contributed by atoms with van der Waals surface area (Å²) in [6.45, 7) is 10.2. The molecule has 3 aliphatic rings. The van der Waals surface area contributed by atoms with Crippen LogP contribution in [0.1, 0.15) is 99.6 Å². The average Bonchev–Trinajstić information content (AvgIpc) is 2.81. The number of benzene rings is 1. The van der Waals surface area contributed by atoms with E-state index in [1.807, 2.05) is 49.5 Å². The van der Waals surface area contributed by atoms with Gasteiger partial charge in [0.2, 0.25) is 0 Å². The Labute approximate surface area is 522 Å². The van der Waals surface area contributed by atoms with Crippen LogP contribution in [-0.2, 0) is 14.2 Å². The van der Waals surface area contributed by atoms with Gasteiger partial charge in [-0.2, -0.15) is 0 Å². The third-order valence-corrected chi connectivity index (χ3v) is 16.0. The minimum Gasteiger partial charge on any atom is -0.492 e. The Balaban J connectivity index is 0.000000134. The van der Waals surface area contributed by atoms with Crippen molar-refractivity contribution in [3.8, 4) is 22.8 Å². The molecule has 3 fully saturated rings. The Morgan fingerprint density at radius 2 is 0.943 bits per heavy atom. The van der Waals surface area contributed by atoms with E-state index in [2.05, 4.69) is 167 Å². The van der Waals surface area contributed by atoms with Crippen LogP contribution in [0.5, 0.6) is 11.5 Å². The van der Waals surface area contributed by atoms with Crippen molar-refractivity contribution in [3.63, 3.8) is 0 Å². The van der Waals surface area contributed by atoms with Crippen molar-refractivity contribution in [1.29, 1.82) is 0 Å². The number of pyridine rings is 4. The molecule has 0 radical (unpaired) electrons. The number of rotatable bonds is 14. The van der Waals surface area contributed by atoms with Crippen LogP contribution in [-0.4, -0.2) is 183 Å². The van der Waals surface area contributed by atoms with Gasteiger partial charge in [0, 0.05) is 92.9 Å². The summed E-state index contributed by atoms with van der Waals surface area (Å²) in [5, 5.41) is 26.1. The van der Waals surface area contributed by atoms with Crippen LogP contribution in [0.2, 0.25) is 0 Å². The third kappa shape index (κ3) is 15.7. The summed E-state index contributed by atoms with van der Waals surface area (Å²) in [5.41, 5.74) is 10.6. The fraction of sp³-hybridized carbons (Fsp3) is 0.435. The monoisotopic (exact) mass is 1310 g/mol. The van der Waals surface area contributed by atoms with Gasteiger partial charge in [0.25, 0.3) is 0 Å². The highest BCUT2D eigenvalue weighted by Crippen LogP contribution is 2.32. The number of hydrogen-bond donors (Lipinski definition) is 0. The molecule has 0 spiro atoms. The highest BCUT2D eigenvalue weighted by molar-refractivity contribution is 9.10. The van der Waals surface area contributed by atoms with E-state index in [0.29, 0.717) is 30.0 Å². The fourth-order valence-corrected chi connectivity index (χ4v) is 11.2. The molecule has 87 heavy (non-hydrogen) atoms. The predicted molar refractivity (Wildman–Crippen MR) is 341 cm³/mol. The molecule has 3 saturated heterocycles. The predicted octanol–water partition coefficient (Wildman–Crippen LogP) is 10.6. The van der Waals surface area contributed by atoms with E-state index in [0.717, 1.165) is 210 Å².